The molecule has 0 aliphatic carbocycles. The number of aromatic nitrogens is 2. The number of anilines is 3. The minimum absolute atomic E-state index is 0.0320. The highest BCUT2D eigenvalue weighted by Gasteiger charge is 2.45. The van der Waals surface area contributed by atoms with Gasteiger partial charge in [-0.05, 0) is 74.3 Å². The number of carbonyl (C=O) groups is 6. The zero-order valence-electron chi connectivity index (χ0n) is 34.0. The molecule has 6 amide bonds. The van der Waals surface area contributed by atoms with Crippen LogP contribution < -0.4 is 26.0 Å². The highest BCUT2D eigenvalue weighted by Crippen LogP contribution is 2.36. The van der Waals surface area contributed by atoms with Crippen molar-refractivity contribution in [1.82, 2.24) is 30.4 Å². The molecule has 1 unspecified atom stereocenters. The summed E-state index contributed by atoms with van der Waals surface area (Å²) in [6.45, 7) is 2.13. The lowest BCUT2D eigenvalue weighted by molar-refractivity contribution is -0.136. The molecule has 0 spiro atoms. The number of ether oxygens (including phenoxy) is 1. The number of amides is 6. The van der Waals surface area contributed by atoms with E-state index in [2.05, 4.69) is 36.1 Å². The van der Waals surface area contributed by atoms with Crippen molar-refractivity contribution in [3.63, 3.8) is 0 Å². The number of piperidine rings is 2. The van der Waals surface area contributed by atoms with E-state index < -0.39 is 35.5 Å². The molecule has 4 heterocycles. The number of carbonyl (C=O) groups excluding carboxylic acids is 6. The first kappa shape index (κ1) is 44.2. The van der Waals surface area contributed by atoms with E-state index in [1.165, 1.54) is 43.4 Å². The minimum atomic E-state index is -0.997. The van der Waals surface area contributed by atoms with Crippen LogP contribution in [0.4, 0.5) is 21.6 Å². The SMILES string of the molecule is COc1cc2ncnc(Nc3ccc(F)c(Cl)c3)c2cc1NC(=O)/C=C/CN1CCC(NC(=O)CCCCCCSc2cccc3c2C(=O)N(C2CCC(=O)NC2=O)C3=O)CC1. The Kier molecular flexibility index (Phi) is 14.5. The number of unbranched alkanes of at least 4 members (excludes halogenated alkanes) is 3. The zero-order chi connectivity index (χ0) is 43.8. The van der Waals surface area contributed by atoms with Crippen LogP contribution in [0.15, 0.2) is 71.9 Å². The lowest BCUT2D eigenvalue weighted by Crippen LogP contribution is -2.54. The van der Waals surface area contributed by atoms with Crippen LogP contribution in [0, 0.1) is 5.82 Å². The number of nitrogens with zero attached hydrogens (tertiary/aromatic N) is 4. The van der Waals surface area contributed by atoms with Gasteiger partial charge in [-0.25, -0.2) is 14.4 Å². The molecule has 4 N–H and O–H groups in total. The predicted molar refractivity (Wildman–Crippen MR) is 233 cm³/mol. The number of methoxy groups -OCH3 is 1. The van der Waals surface area contributed by atoms with Gasteiger partial charge in [0.2, 0.25) is 23.6 Å². The molecule has 4 aromatic rings. The van der Waals surface area contributed by atoms with E-state index in [-0.39, 0.29) is 41.3 Å². The number of fused-ring (bicyclic) bond motifs is 2. The lowest BCUT2D eigenvalue weighted by Gasteiger charge is -2.31. The summed E-state index contributed by atoms with van der Waals surface area (Å²) in [5.74, 6) is -1.31. The van der Waals surface area contributed by atoms with Gasteiger partial charge < -0.3 is 20.7 Å². The van der Waals surface area contributed by atoms with Gasteiger partial charge in [0, 0.05) is 66.6 Å². The molecule has 3 aliphatic heterocycles. The van der Waals surface area contributed by atoms with E-state index in [4.69, 9.17) is 16.3 Å². The number of halogens is 2. The van der Waals surface area contributed by atoms with E-state index in [1.54, 1.807) is 36.4 Å². The second kappa shape index (κ2) is 20.3. The Morgan fingerprint density at radius 3 is 2.58 bits per heavy atom. The molecular weight excluding hydrogens is 839 g/mol. The topological polar surface area (TPSA) is 192 Å². The van der Waals surface area contributed by atoms with Crippen LogP contribution in [0.5, 0.6) is 5.75 Å². The van der Waals surface area contributed by atoms with Gasteiger partial charge in [0.05, 0.1) is 34.5 Å². The molecule has 324 valence electrons. The van der Waals surface area contributed by atoms with Crippen molar-refractivity contribution in [2.45, 2.75) is 74.8 Å². The van der Waals surface area contributed by atoms with Crippen LogP contribution in [0.3, 0.4) is 0 Å². The van der Waals surface area contributed by atoms with Gasteiger partial charge in [-0.3, -0.25) is 43.9 Å². The first-order chi connectivity index (χ1) is 30.0. The first-order valence-corrected chi connectivity index (χ1v) is 21.9. The Labute approximate surface area is 366 Å². The van der Waals surface area contributed by atoms with Crippen molar-refractivity contribution in [3.8, 4) is 5.75 Å². The summed E-state index contributed by atoms with van der Waals surface area (Å²) in [5.41, 5.74) is 2.11. The summed E-state index contributed by atoms with van der Waals surface area (Å²) in [5, 5.41) is 12.0. The van der Waals surface area contributed by atoms with Crippen molar-refractivity contribution >= 4 is 86.9 Å². The summed E-state index contributed by atoms with van der Waals surface area (Å²) < 4.78 is 19.2. The monoisotopic (exact) mass is 884 g/mol. The average Bonchev–Trinajstić information content (AvgIpc) is 3.51. The molecule has 1 atom stereocenters. The van der Waals surface area contributed by atoms with Crippen LogP contribution in [0.2, 0.25) is 5.02 Å². The van der Waals surface area contributed by atoms with Gasteiger partial charge >= 0.3 is 0 Å². The number of hydrogen-bond donors (Lipinski definition) is 4. The standard InChI is InChI=1S/C44H46ClFN8O7S/c1-61-35-24-32-29(41(48-25-47-32)50-27-12-13-31(46)30(45)22-27)23-33(35)51-38(56)11-7-18-53-19-16-26(17-20-53)49-37(55)10-4-2-3-5-21-62-36-9-6-8-28-40(36)44(60)54(43(28)59)34-14-15-39(57)52-42(34)58/h6-9,11-13,22-26,34H,2-5,10,14-21H2,1H3,(H,49,55)(H,51,56)(H,47,48,50)(H,52,57,58)/b11-7+. The van der Waals surface area contributed by atoms with Gasteiger partial charge in [0.25, 0.3) is 11.8 Å². The highest BCUT2D eigenvalue weighted by molar-refractivity contribution is 7.99. The maximum atomic E-state index is 13.7. The maximum absolute atomic E-state index is 13.7. The summed E-state index contributed by atoms with van der Waals surface area (Å²) in [6, 6.07) is 11.9. The van der Waals surface area contributed by atoms with Crippen molar-refractivity contribution in [3.05, 3.63) is 89.0 Å². The summed E-state index contributed by atoms with van der Waals surface area (Å²) in [4.78, 5) is 88.7. The van der Waals surface area contributed by atoms with E-state index in [9.17, 15) is 33.2 Å². The van der Waals surface area contributed by atoms with Crippen molar-refractivity contribution in [1.29, 1.82) is 0 Å². The highest BCUT2D eigenvalue weighted by atomic mass is 35.5. The molecule has 2 fully saturated rings. The predicted octanol–water partition coefficient (Wildman–Crippen LogP) is 6.39. The molecule has 2 saturated heterocycles. The van der Waals surface area contributed by atoms with Crippen LogP contribution in [-0.2, 0) is 19.2 Å². The van der Waals surface area contributed by atoms with Crippen molar-refractivity contribution < 1.29 is 37.9 Å². The van der Waals surface area contributed by atoms with Crippen molar-refractivity contribution in [2.75, 3.05) is 43.1 Å². The lowest BCUT2D eigenvalue weighted by atomic mass is 10.0. The molecule has 15 nitrogen and oxygen atoms in total. The van der Waals surface area contributed by atoms with Gasteiger partial charge in [-0.2, -0.15) is 0 Å². The minimum Gasteiger partial charge on any atom is -0.494 e. The van der Waals surface area contributed by atoms with Gasteiger partial charge in [-0.1, -0.05) is 36.6 Å². The van der Waals surface area contributed by atoms with E-state index in [0.29, 0.717) is 57.3 Å². The quantitative estimate of drug-likeness (QED) is 0.0396. The maximum Gasteiger partial charge on any atom is 0.263 e. The van der Waals surface area contributed by atoms with Gasteiger partial charge in [0.1, 0.15) is 29.8 Å². The first-order valence-electron chi connectivity index (χ1n) is 20.5. The Balaban J connectivity index is 0.785. The Bertz CT molecular complexity index is 2430. The van der Waals surface area contributed by atoms with Gasteiger partial charge in [-0.15, -0.1) is 11.8 Å². The smallest absolute Gasteiger partial charge is 0.263 e. The second-order valence-corrected chi connectivity index (χ2v) is 16.8. The largest absolute Gasteiger partial charge is 0.494 e. The number of hydrogen-bond acceptors (Lipinski definition) is 12. The van der Waals surface area contributed by atoms with Crippen molar-refractivity contribution in [2.24, 2.45) is 0 Å². The Morgan fingerprint density at radius 1 is 1.00 bits per heavy atom. The van der Waals surface area contributed by atoms with Crippen LogP contribution >= 0.6 is 23.4 Å². The average molecular weight is 885 g/mol. The molecule has 0 bridgehead atoms. The molecule has 0 radical (unpaired) electrons. The number of imide groups is 2. The molecule has 3 aliphatic rings. The number of thioether (sulfide) groups is 1. The number of rotatable bonds is 17. The third-order valence-electron chi connectivity index (χ3n) is 11.0. The fraction of sp³-hybridized carbons (Fsp3) is 0.364. The zero-order valence-corrected chi connectivity index (χ0v) is 35.6. The number of benzene rings is 3. The molecular formula is C44H46ClFN8O7S. The summed E-state index contributed by atoms with van der Waals surface area (Å²) >= 11 is 7.45. The second-order valence-electron chi connectivity index (χ2n) is 15.2. The molecule has 7 rings (SSSR count). The summed E-state index contributed by atoms with van der Waals surface area (Å²) in [7, 11) is 1.50. The van der Waals surface area contributed by atoms with E-state index in [0.717, 1.165) is 62.3 Å². The molecule has 62 heavy (non-hydrogen) atoms. The Morgan fingerprint density at radius 2 is 1.81 bits per heavy atom. The van der Waals surface area contributed by atoms with Crippen LogP contribution in [0.25, 0.3) is 10.9 Å². The Hall–Kier alpha value is -5.91. The van der Waals surface area contributed by atoms with E-state index in [1.807, 2.05) is 6.07 Å². The molecule has 3 aromatic carbocycles. The van der Waals surface area contributed by atoms with Crippen LogP contribution in [-0.4, -0.2) is 99.8 Å². The van der Waals surface area contributed by atoms with Gasteiger partial charge in [0.15, 0.2) is 0 Å². The fourth-order valence-corrected chi connectivity index (χ4v) is 9.00. The molecule has 18 heteroatoms. The van der Waals surface area contributed by atoms with Crippen LogP contribution in [0.1, 0.15) is 78.5 Å². The third kappa shape index (κ3) is 10.6. The summed E-state index contributed by atoms with van der Waals surface area (Å²) in [6.07, 6.45) is 10.3. The molecule has 1 aromatic heterocycles. The third-order valence-corrected chi connectivity index (χ3v) is 12.4. The fourth-order valence-electron chi connectivity index (χ4n) is 7.73. The molecule has 0 saturated carbocycles. The number of likely N-dealkylation sites (tertiary alicyclic amines) is 1. The number of nitrogens with one attached hydrogen (secondary N) is 4. The van der Waals surface area contributed by atoms with E-state index >= 15 is 0 Å². The normalized spacial score (nSPS) is 17.1.